The van der Waals surface area contributed by atoms with Gasteiger partial charge in [0.05, 0.1) is 6.10 Å². The molecule has 0 saturated carbocycles. The van der Waals surface area contributed by atoms with Crippen molar-refractivity contribution in [1.29, 1.82) is 0 Å². The third-order valence-electron chi connectivity index (χ3n) is 1.65. The number of hydrogen-bond acceptors (Lipinski definition) is 7. The summed E-state index contributed by atoms with van der Waals surface area (Å²) in [6.45, 7) is 4.24. The molecule has 0 bridgehead atoms. The second-order valence-electron chi connectivity index (χ2n) is 3.67. The summed E-state index contributed by atoms with van der Waals surface area (Å²) in [5.74, 6) is 0.945. The Morgan fingerprint density at radius 1 is 1.41 bits per heavy atom. The number of nitrogens with zero attached hydrogens (tertiary/aromatic N) is 3. The van der Waals surface area contributed by atoms with Crippen LogP contribution < -0.4 is 15.8 Å². The molecule has 0 spiro atoms. The molecule has 0 aliphatic heterocycles. The van der Waals surface area contributed by atoms with Crippen molar-refractivity contribution in [1.82, 2.24) is 15.0 Å². The first kappa shape index (κ1) is 13.6. The van der Waals surface area contributed by atoms with Crippen molar-refractivity contribution >= 4 is 22.7 Å². The van der Waals surface area contributed by atoms with Gasteiger partial charge in [0.25, 0.3) is 0 Å². The highest BCUT2D eigenvalue weighted by Gasteiger charge is 2.06. The zero-order valence-corrected chi connectivity index (χ0v) is 11.0. The minimum Gasteiger partial charge on any atom is -0.461 e. The first-order valence-corrected chi connectivity index (χ1v) is 6.92. The Kier molecular flexibility index (Phi) is 5.08. The highest BCUT2D eigenvalue weighted by Crippen LogP contribution is 2.10. The van der Waals surface area contributed by atoms with Gasteiger partial charge in [0, 0.05) is 29.4 Å². The molecule has 0 amide bonds. The Hall–Kier alpha value is -1.44. The van der Waals surface area contributed by atoms with Crippen LogP contribution in [0.1, 0.15) is 13.8 Å². The number of aromatic nitrogens is 3. The summed E-state index contributed by atoms with van der Waals surface area (Å²) < 4.78 is 16.2. The lowest BCUT2D eigenvalue weighted by Gasteiger charge is -2.09. The summed E-state index contributed by atoms with van der Waals surface area (Å²) in [5, 5.41) is 2.92. The average Bonchev–Trinajstić information content (AvgIpc) is 2.14. The van der Waals surface area contributed by atoms with Gasteiger partial charge in [0.2, 0.25) is 11.9 Å². The number of nitrogens with one attached hydrogen (secondary N) is 1. The molecular formula is C9H17N5O2S. The van der Waals surface area contributed by atoms with Crippen molar-refractivity contribution in [2.45, 2.75) is 20.0 Å². The lowest BCUT2D eigenvalue weighted by Crippen LogP contribution is -2.15. The molecule has 0 radical (unpaired) electrons. The van der Waals surface area contributed by atoms with Crippen LogP contribution in [0.4, 0.5) is 11.9 Å². The Labute approximate surface area is 103 Å². The van der Waals surface area contributed by atoms with Crippen molar-refractivity contribution in [3.63, 3.8) is 0 Å². The molecule has 3 N–H and O–H groups in total. The van der Waals surface area contributed by atoms with Crippen molar-refractivity contribution in [3.8, 4) is 6.01 Å². The highest BCUT2D eigenvalue weighted by molar-refractivity contribution is 7.84. The molecule has 1 rings (SSSR count). The standard InChI is InChI=1S/C9H17N5O2S/c1-6(2)16-9-13-7(10)12-8(14-9)11-4-5-17(3)15/h6H,4-5H2,1-3H3,(H3,10,11,12,13,14). The molecule has 8 heteroatoms. The van der Waals surface area contributed by atoms with E-state index in [1.54, 1.807) is 6.26 Å². The van der Waals surface area contributed by atoms with Crippen molar-refractivity contribution < 1.29 is 8.95 Å². The highest BCUT2D eigenvalue weighted by atomic mass is 32.2. The van der Waals surface area contributed by atoms with E-state index >= 15 is 0 Å². The Morgan fingerprint density at radius 2 is 2.12 bits per heavy atom. The van der Waals surface area contributed by atoms with Crippen LogP contribution in [0.3, 0.4) is 0 Å². The maximum atomic E-state index is 10.9. The molecule has 1 aromatic heterocycles. The number of rotatable bonds is 6. The van der Waals surface area contributed by atoms with Gasteiger partial charge < -0.3 is 15.8 Å². The molecule has 17 heavy (non-hydrogen) atoms. The van der Waals surface area contributed by atoms with Crippen LogP contribution in [0, 0.1) is 0 Å². The summed E-state index contributed by atoms with van der Waals surface area (Å²) in [5.41, 5.74) is 5.52. The fourth-order valence-electron chi connectivity index (χ4n) is 1.02. The molecular weight excluding hydrogens is 242 g/mol. The first-order chi connectivity index (χ1) is 7.97. The second kappa shape index (κ2) is 6.33. The molecule has 0 saturated heterocycles. The first-order valence-electron chi connectivity index (χ1n) is 5.19. The summed E-state index contributed by atoms with van der Waals surface area (Å²) in [6, 6.07) is 0.188. The fraction of sp³-hybridized carbons (Fsp3) is 0.667. The van der Waals surface area contributed by atoms with E-state index in [1.165, 1.54) is 0 Å². The van der Waals surface area contributed by atoms with Gasteiger partial charge in [-0.1, -0.05) is 0 Å². The smallest absolute Gasteiger partial charge is 0.323 e. The van der Waals surface area contributed by atoms with E-state index in [9.17, 15) is 4.21 Å². The van der Waals surface area contributed by atoms with E-state index in [0.717, 1.165) is 0 Å². The van der Waals surface area contributed by atoms with Crippen LogP contribution in [0.2, 0.25) is 0 Å². The number of anilines is 2. The molecule has 0 fully saturated rings. The minimum absolute atomic E-state index is 0.0344. The minimum atomic E-state index is -0.855. The monoisotopic (exact) mass is 259 g/mol. The summed E-state index contributed by atoms with van der Waals surface area (Å²) in [4.78, 5) is 11.8. The zero-order chi connectivity index (χ0) is 12.8. The van der Waals surface area contributed by atoms with E-state index in [-0.39, 0.29) is 18.1 Å². The maximum absolute atomic E-state index is 10.9. The Morgan fingerprint density at radius 3 is 2.71 bits per heavy atom. The lowest BCUT2D eigenvalue weighted by molar-refractivity contribution is 0.222. The van der Waals surface area contributed by atoms with Crippen molar-refractivity contribution in [2.24, 2.45) is 0 Å². The van der Waals surface area contributed by atoms with Crippen molar-refractivity contribution in [2.75, 3.05) is 29.6 Å². The Bertz CT molecular complexity index is 399. The van der Waals surface area contributed by atoms with Gasteiger partial charge in [-0.15, -0.1) is 0 Å². The van der Waals surface area contributed by atoms with E-state index in [4.69, 9.17) is 10.5 Å². The van der Waals surface area contributed by atoms with E-state index in [0.29, 0.717) is 18.2 Å². The molecule has 0 aliphatic carbocycles. The van der Waals surface area contributed by atoms with Crippen LogP contribution >= 0.6 is 0 Å². The Balaban J connectivity index is 2.65. The van der Waals surface area contributed by atoms with Gasteiger partial charge in [-0.05, 0) is 13.8 Å². The molecule has 1 atom stereocenters. The van der Waals surface area contributed by atoms with Gasteiger partial charge in [-0.3, -0.25) is 4.21 Å². The van der Waals surface area contributed by atoms with Gasteiger partial charge in [-0.2, -0.15) is 15.0 Å². The average molecular weight is 259 g/mol. The van der Waals surface area contributed by atoms with Crippen molar-refractivity contribution in [3.05, 3.63) is 0 Å². The number of hydrogen-bond donors (Lipinski definition) is 2. The lowest BCUT2D eigenvalue weighted by atomic mass is 10.5. The van der Waals surface area contributed by atoms with Crippen LogP contribution in [-0.2, 0) is 10.8 Å². The van der Waals surface area contributed by atoms with E-state index in [1.807, 2.05) is 13.8 Å². The number of nitrogen functional groups attached to an aromatic ring is 1. The summed E-state index contributed by atoms with van der Waals surface area (Å²) in [6.07, 6.45) is 1.60. The molecule has 1 unspecified atom stereocenters. The fourth-order valence-corrected chi connectivity index (χ4v) is 1.41. The molecule has 7 nitrogen and oxygen atoms in total. The SMILES string of the molecule is CC(C)Oc1nc(N)nc(NCCS(C)=O)n1. The largest absolute Gasteiger partial charge is 0.461 e. The van der Waals surface area contributed by atoms with Gasteiger partial charge in [0.15, 0.2) is 0 Å². The van der Waals surface area contributed by atoms with Crippen LogP contribution in [0.25, 0.3) is 0 Å². The predicted octanol–water partition coefficient (Wildman–Crippen LogP) is 0.0314. The van der Waals surface area contributed by atoms with Gasteiger partial charge >= 0.3 is 6.01 Å². The van der Waals surface area contributed by atoms with Crippen LogP contribution in [0.5, 0.6) is 6.01 Å². The van der Waals surface area contributed by atoms with E-state index < -0.39 is 10.8 Å². The normalized spacial score (nSPS) is 12.5. The third kappa shape index (κ3) is 5.43. The van der Waals surface area contributed by atoms with E-state index in [2.05, 4.69) is 20.3 Å². The van der Waals surface area contributed by atoms with Gasteiger partial charge in [0.1, 0.15) is 0 Å². The second-order valence-corrected chi connectivity index (χ2v) is 5.23. The molecule has 1 heterocycles. The predicted molar refractivity (Wildman–Crippen MR) is 67.4 cm³/mol. The third-order valence-corrected chi connectivity index (χ3v) is 2.42. The number of nitrogens with two attached hydrogens (primary N) is 1. The van der Waals surface area contributed by atoms with Crippen LogP contribution in [-0.4, -0.2) is 43.8 Å². The van der Waals surface area contributed by atoms with Gasteiger partial charge in [-0.25, -0.2) is 0 Å². The summed E-state index contributed by atoms with van der Waals surface area (Å²) >= 11 is 0. The molecule has 1 aromatic rings. The maximum Gasteiger partial charge on any atom is 0.323 e. The number of ether oxygens (including phenoxy) is 1. The summed E-state index contributed by atoms with van der Waals surface area (Å²) in [7, 11) is -0.855. The topological polar surface area (TPSA) is 103 Å². The molecule has 0 aromatic carbocycles. The van der Waals surface area contributed by atoms with Crippen LogP contribution in [0.15, 0.2) is 0 Å². The molecule has 0 aliphatic rings. The molecule has 96 valence electrons. The zero-order valence-electron chi connectivity index (χ0n) is 10.1. The quantitative estimate of drug-likeness (QED) is 0.743.